The fraction of sp³-hybridized carbons (Fsp3) is 0.385. The van der Waals surface area contributed by atoms with Crippen molar-refractivity contribution >= 4 is 29.2 Å². The highest BCUT2D eigenvalue weighted by Crippen LogP contribution is 2.45. The van der Waals surface area contributed by atoms with Gasteiger partial charge < -0.3 is 15.2 Å². The van der Waals surface area contributed by atoms with Crippen LogP contribution in [0.1, 0.15) is 19.8 Å². The molecule has 0 atom stereocenters. The summed E-state index contributed by atoms with van der Waals surface area (Å²) in [4.78, 5) is 22.2. The van der Waals surface area contributed by atoms with E-state index < -0.39 is 12.6 Å². The summed E-state index contributed by atoms with van der Waals surface area (Å²) < 4.78 is 4.99. The summed E-state index contributed by atoms with van der Waals surface area (Å²) in [5.74, 6) is -0.822. The molecule has 0 heterocycles. The minimum absolute atomic E-state index is 0.0252. The second kappa shape index (κ2) is 5.09. The third-order valence-electron chi connectivity index (χ3n) is 3.09. The molecule has 6 heteroatoms. The molecular formula is C13H14ClNO4. The highest BCUT2D eigenvalue weighted by Gasteiger charge is 2.44. The van der Waals surface area contributed by atoms with E-state index in [9.17, 15) is 9.59 Å². The normalized spacial score (nSPS) is 15.7. The molecule has 2 rings (SSSR count). The largest absolute Gasteiger partial charge is 0.480 e. The van der Waals surface area contributed by atoms with Crippen LogP contribution < -0.4 is 10.1 Å². The smallest absolute Gasteiger partial charge is 0.341 e. The number of carbonyl (C=O) groups excluding carboxylic acids is 1. The van der Waals surface area contributed by atoms with E-state index in [0.29, 0.717) is 5.69 Å². The molecule has 0 aromatic heterocycles. The van der Waals surface area contributed by atoms with Crippen LogP contribution in [0.5, 0.6) is 5.75 Å². The minimum atomic E-state index is -1.07. The number of rotatable bonds is 5. The van der Waals surface area contributed by atoms with Crippen LogP contribution in [0.4, 0.5) is 5.69 Å². The molecule has 0 unspecified atom stereocenters. The lowest BCUT2D eigenvalue weighted by molar-refractivity contribution is -0.139. The van der Waals surface area contributed by atoms with Crippen LogP contribution >= 0.6 is 11.6 Å². The molecule has 1 fully saturated rings. The van der Waals surface area contributed by atoms with E-state index in [1.165, 1.54) is 6.07 Å². The van der Waals surface area contributed by atoms with Crippen molar-refractivity contribution in [3.63, 3.8) is 0 Å². The number of anilines is 1. The molecule has 19 heavy (non-hydrogen) atoms. The predicted molar refractivity (Wildman–Crippen MR) is 70.6 cm³/mol. The third kappa shape index (κ3) is 3.38. The number of hydrogen-bond acceptors (Lipinski definition) is 3. The number of aliphatic carboxylic acids is 1. The molecular weight excluding hydrogens is 270 g/mol. The molecule has 0 aliphatic heterocycles. The average Bonchev–Trinajstić information content (AvgIpc) is 3.07. The van der Waals surface area contributed by atoms with Crippen LogP contribution in [-0.4, -0.2) is 23.6 Å². The third-order valence-corrected chi connectivity index (χ3v) is 3.38. The molecule has 5 nitrogen and oxygen atoms in total. The Morgan fingerprint density at radius 2 is 2.16 bits per heavy atom. The van der Waals surface area contributed by atoms with Gasteiger partial charge in [-0.15, -0.1) is 0 Å². The quantitative estimate of drug-likeness (QED) is 0.871. The van der Waals surface area contributed by atoms with Crippen molar-refractivity contribution in [1.82, 2.24) is 0 Å². The van der Waals surface area contributed by atoms with E-state index in [4.69, 9.17) is 21.4 Å². The first-order valence-electron chi connectivity index (χ1n) is 5.86. The van der Waals surface area contributed by atoms with E-state index in [2.05, 4.69) is 5.32 Å². The van der Waals surface area contributed by atoms with Gasteiger partial charge in [0, 0.05) is 11.1 Å². The van der Waals surface area contributed by atoms with Crippen molar-refractivity contribution in [3.8, 4) is 5.75 Å². The van der Waals surface area contributed by atoms with Gasteiger partial charge in [0.05, 0.1) is 5.02 Å². The van der Waals surface area contributed by atoms with Crippen molar-refractivity contribution in [2.45, 2.75) is 19.8 Å². The molecule has 1 aliphatic rings. The van der Waals surface area contributed by atoms with Gasteiger partial charge in [0.2, 0.25) is 5.91 Å². The van der Waals surface area contributed by atoms with Crippen LogP contribution in [0.2, 0.25) is 5.02 Å². The Hall–Kier alpha value is -1.75. The van der Waals surface area contributed by atoms with Crippen molar-refractivity contribution in [1.29, 1.82) is 0 Å². The lowest BCUT2D eigenvalue weighted by Gasteiger charge is -2.11. The molecule has 1 saturated carbocycles. The summed E-state index contributed by atoms with van der Waals surface area (Å²) >= 11 is 5.96. The van der Waals surface area contributed by atoms with Crippen molar-refractivity contribution in [2.24, 2.45) is 5.41 Å². The fourth-order valence-corrected chi connectivity index (χ4v) is 1.77. The number of nitrogens with one attached hydrogen (secondary N) is 1. The number of carboxylic acids is 1. The maximum atomic E-state index is 11.8. The summed E-state index contributed by atoms with van der Waals surface area (Å²) in [6, 6.07) is 4.71. The first-order valence-corrected chi connectivity index (χ1v) is 6.24. The Balaban J connectivity index is 2.02. The van der Waals surface area contributed by atoms with Gasteiger partial charge >= 0.3 is 5.97 Å². The monoisotopic (exact) mass is 283 g/mol. The summed E-state index contributed by atoms with van der Waals surface area (Å²) in [6.07, 6.45) is 1.79. The molecule has 0 radical (unpaired) electrons. The van der Waals surface area contributed by atoms with E-state index in [1.54, 1.807) is 12.1 Å². The van der Waals surface area contributed by atoms with Gasteiger partial charge in [-0.1, -0.05) is 18.5 Å². The number of ether oxygens (including phenoxy) is 1. The van der Waals surface area contributed by atoms with Crippen LogP contribution in [0, 0.1) is 5.41 Å². The van der Waals surface area contributed by atoms with Crippen molar-refractivity contribution in [3.05, 3.63) is 23.2 Å². The summed E-state index contributed by atoms with van der Waals surface area (Å²) in [5, 5.41) is 11.6. The van der Waals surface area contributed by atoms with Crippen LogP contribution in [-0.2, 0) is 9.59 Å². The van der Waals surface area contributed by atoms with Crippen molar-refractivity contribution < 1.29 is 19.4 Å². The topological polar surface area (TPSA) is 75.6 Å². The number of carbonyl (C=O) groups is 2. The zero-order chi connectivity index (χ0) is 14.0. The molecule has 0 spiro atoms. The molecule has 1 aromatic carbocycles. The van der Waals surface area contributed by atoms with Crippen LogP contribution in [0.15, 0.2) is 18.2 Å². The Morgan fingerprint density at radius 3 is 2.68 bits per heavy atom. The molecule has 2 N–H and O–H groups in total. The highest BCUT2D eigenvalue weighted by molar-refractivity contribution is 6.32. The Morgan fingerprint density at radius 1 is 1.47 bits per heavy atom. The van der Waals surface area contributed by atoms with Crippen molar-refractivity contribution in [2.75, 3.05) is 11.9 Å². The minimum Gasteiger partial charge on any atom is -0.480 e. The zero-order valence-electron chi connectivity index (χ0n) is 10.4. The maximum absolute atomic E-state index is 11.8. The maximum Gasteiger partial charge on any atom is 0.341 e. The van der Waals surface area contributed by atoms with Gasteiger partial charge in [-0.25, -0.2) is 4.79 Å². The standard InChI is InChI=1S/C13H14ClNO4/c1-13(4-5-13)12(18)15-8-2-3-10(9(14)6-8)19-7-11(16)17/h2-3,6H,4-5,7H2,1H3,(H,15,18)(H,16,17). The van der Waals surface area contributed by atoms with Crippen LogP contribution in [0.3, 0.4) is 0 Å². The predicted octanol–water partition coefficient (Wildman–Crippen LogP) is 2.54. The lowest BCUT2D eigenvalue weighted by Crippen LogP contribution is -2.21. The van der Waals surface area contributed by atoms with Gasteiger partial charge in [0.25, 0.3) is 0 Å². The van der Waals surface area contributed by atoms with Crippen LogP contribution in [0.25, 0.3) is 0 Å². The number of benzene rings is 1. The second-order valence-electron chi connectivity index (χ2n) is 4.84. The Kier molecular flexibility index (Phi) is 3.66. The van der Waals surface area contributed by atoms with Gasteiger partial charge in [0.1, 0.15) is 5.75 Å². The molecule has 1 aliphatic carbocycles. The molecule has 0 saturated heterocycles. The molecule has 1 amide bonds. The summed E-state index contributed by atoms with van der Waals surface area (Å²) in [7, 11) is 0. The Bertz CT molecular complexity index is 525. The van der Waals surface area contributed by atoms with Gasteiger partial charge in [-0.2, -0.15) is 0 Å². The zero-order valence-corrected chi connectivity index (χ0v) is 11.2. The first kappa shape index (κ1) is 13.7. The lowest BCUT2D eigenvalue weighted by atomic mass is 10.1. The second-order valence-corrected chi connectivity index (χ2v) is 5.25. The van der Waals surface area contributed by atoms with E-state index >= 15 is 0 Å². The fourth-order valence-electron chi connectivity index (χ4n) is 1.53. The average molecular weight is 284 g/mol. The highest BCUT2D eigenvalue weighted by atomic mass is 35.5. The first-order chi connectivity index (χ1) is 8.90. The molecule has 1 aromatic rings. The molecule has 102 valence electrons. The SMILES string of the molecule is CC1(C(=O)Nc2ccc(OCC(=O)O)c(Cl)c2)CC1. The van der Waals surface area contributed by atoms with E-state index in [1.807, 2.05) is 6.92 Å². The summed E-state index contributed by atoms with van der Waals surface area (Å²) in [5.41, 5.74) is 0.316. The van der Waals surface area contributed by atoms with Gasteiger partial charge in [-0.05, 0) is 31.0 Å². The molecule has 0 bridgehead atoms. The summed E-state index contributed by atoms with van der Waals surface area (Å²) in [6.45, 7) is 1.46. The van der Waals surface area contributed by atoms with Gasteiger partial charge in [0.15, 0.2) is 6.61 Å². The van der Waals surface area contributed by atoms with Gasteiger partial charge in [-0.3, -0.25) is 4.79 Å². The van der Waals surface area contributed by atoms with E-state index in [0.717, 1.165) is 12.8 Å². The number of hydrogen-bond donors (Lipinski definition) is 2. The number of halogens is 1. The van der Waals surface area contributed by atoms with E-state index in [-0.39, 0.29) is 22.1 Å². The number of carboxylic acid groups (broad SMARTS) is 1. The Labute approximate surface area is 115 Å². The number of amides is 1.